The van der Waals surface area contributed by atoms with Crippen molar-refractivity contribution in [1.82, 2.24) is 0 Å². The Bertz CT molecular complexity index is 636. The van der Waals surface area contributed by atoms with E-state index in [1.165, 1.54) is 0 Å². The van der Waals surface area contributed by atoms with Gasteiger partial charge in [-0.2, -0.15) is 0 Å². The van der Waals surface area contributed by atoms with E-state index in [4.69, 9.17) is 9.57 Å². The van der Waals surface area contributed by atoms with E-state index < -0.39 is 0 Å². The van der Waals surface area contributed by atoms with E-state index in [1.807, 2.05) is 42.5 Å². The van der Waals surface area contributed by atoms with Crippen molar-refractivity contribution in [2.75, 3.05) is 6.61 Å². The van der Waals surface area contributed by atoms with Crippen LogP contribution in [0, 0.1) is 5.92 Å². The van der Waals surface area contributed by atoms with Crippen LogP contribution in [0.2, 0.25) is 0 Å². The van der Waals surface area contributed by atoms with Crippen molar-refractivity contribution >= 4 is 5.71 Å². The maximum absolute atomic E-state index is 5.83. The summed E-state index contributed by atoms with van der Waals surface area (Å²) in [6.45, 7) is 0.620. The van der Waals surface area contributed by atoms with Crippen molar-refractivity contribution < 1.29 is 9.57 Å². The highest BCUT2D eigenvalue weighted by molar-refractivity contribution is 6.06. The average Bonchev–Trinajstić information content (AvgIpc) is 2.92. The molecule has 0 bridgehead atoms. The zero-order chi connectivity index (χ0) is 12.7. The minimum Gasteiger partial charge on any atom is -0.492 e. The first-order valence-electron chi connectivity index (χ1n) is 6.44. The first-order chi connectivity index (χ1) is 9.43. The van der Waals surface area contributed by atoms with Gasteiger partial charge in [0, 0.05) is 5.56 Å². The normalized spacial score (nSPS) is 23.7. The number of rotatable bonds is 1. The molecule has 0 spiro atoms. The Morgan fingerprint density at radius 3 is 2.63 bits per heavy atom. The maximum atomic E-state index is 5.83. The summed E-state index contributed by atoms with van der Waals surface area (Å²) in [4.78, 5) is 5.65. The smallest absolute Gasteiger partial charge is 0.164 e. The number of fused-ring (bicyclic) bond motifs is 3. The van der Waals surface area contributed by atoms with Crippen LogP contribution >= 0.6 is 0 Å². The summed E-state index contributed by atoms with van der Waals surface area (Å²) in [5.41, 5.74) is 3.21. The predicted molar refractivity (Wildman–Crippen MR) is 72.2 cm³/mol. The molecule has 2 aliphatic rings. The van der Waals surface area contributed by atoms with Crippen LogP contribution in [0.1, 0.15) is 17.2 Å². The molecule has 0 N–H and O–H groups in total. The fraction of sp³-hybridized carbons (Fsp3) is 0.188. The summed E-state index contributed by atoms with van der Waals surface area (Å²) in [5.74, 6) is 1.08. The van der Waals surface area contributed by atoms with Crippen LogP contribution in [0.25, 0.3) is 0 Å². The van der Waals surface area contributed by atoms with Crippen LogP contribution < -0.4 is 4.74 Å². The summed E-state index contributed by atoms with van der Waals surface area (Å²) in [6.07, 6.45) is -0.0374. The number of benzene rings is 2. The monoisotopic (exact) mass is 251 g/mol. The van der Waals surface area contributed by atoms with Gasteiger partial charge in [0.1, 0.15) is 18.1 Å². The third kappa shape index (κ3) is 1.62. The summed E-state index contributed by atoms with van der Waals surface area (Å²) >= 11 is 0. The first kappa shape index (κ1) is 10.6. The molecule has 0 saturated heterocycles. The van der Waals surface area contributed by atoms with E-state index in [-0.39, 0.29) is 12.0 Å². The lowest BCUT2D eigenvalue weighted by molar-refractivity contribution is 0.0483. The Morgan fingerprint density at radius 2 is 1.74 bits per heavy atom. The third-order valence-corrected chi connectivity index (χ3v) is 3.69. The van der Waals surface area contributed by atoms with Gasteiger partial charge >= 0.3 is 0 Å². The molecule has 3 nitrogen and oxygen atoms in total. The second-order valence-electron chi connectivity index (χ2n) is 4.83. The molecule has 0 aromatic heterocycles. The number of hydrogen-bond donors (Lipinski definition) is 0. The van der Waals surface area contributed by atoms with Gasteiger partial charge < -0.3 is 9.57 Å². The Hall–Kier alpha value is -2.29. The molecule has 0 unspecified atom stereocenters. The van der Waals surface area contributed by atoms with Crippen molar-refractivity contribution in [3.8, 4) is 5.75 Å². The van der Waals surface area contributed by atoms with E-state index in [2.05, 4.69) is 17.3 Å². The molecule has 94 valence electrons. The number of ether oxygens (including phenoxy) is 1. The zero-order valence-corrected chi connectivity index (χ0v) is 10.3. The van der Waals surface area contributed by atoms with Crippen molar-refractivity contribution in [3.63, 3.8) is 0 Å². The van der Waals surface area contributed by atoms with E-state index in [0.29, 0.717) is 6.61 Å². The highest BCUT2D eigenvalue weighted by Gasteiger charge is 2.40. The van der Waals surface area contributed by atoms with E-state index in [9.17, 15) is 0 Å². The summed E-state index contributed by atoms with van der Waals surface area (Å²) in [7, 11) is 0. The van der Waals surface area contributed by atoms with Crippen molar-refractivity contribution in [1.29, 1.82) is 0 Å². The van der Waals surface area contributed by atoms with Crippen molar-refractivity contribution in [3.05, 3.63) is 65.7 Å². The first-order valence-corrected chi connectivity index (χ1v) is 6.44. The largest absolute Gasteiger partial charge is 0.492 e. The van der Waals surface area contributed by atoms with Crippen LogP contribution in [0.15, 0.2) is 59.8 Å². The van der Waals surface area contributed by atoms with E-state index in [0.717, 1.165) is 22.6 Å². The second-order valence-corrected chi connectivity index (χ2v) is 4.83. The molecule has 2 aromatic carbocycles. The Kier molecular flexibility index (Phi) is 2.30. The van der Waals surface area contributed by atoms with Crippen LogP contribution in [0.3, 0.4) is 0 Å². The van der Waals surface area contributed by atoms with Gasteiger partial charge in [0.05, 0.1) is 5.92 Å². The van der Waals surface area contributed by atoms with Gasteiger partial charge in [-0.15, -0.1) is 0 Å². The second kappa shape index (κ2) is 4.12. The molecule has 0 amide bonds. The van der Waals surface area contributed by atoms with Gasteiger partial charge in [-0.25, -0.2) is 0 Å². The summed E-state index contributed by atoms with van der Waals surface area (Å²) in [6, 6.07) is 18.2. The molecule has 2 aromatic rings. The topological polar surface area (TPSA) is 30.8 Å². The average molecular weight is 251 g/mol. The Labute approximate surface area is 111 Å². The number of hydrogen-bond acceptors (Lipinski definition) is 3. The minimum absolute atomic E-state index is 0.0374. The highest BCUT2D eigenvalue weighted by Crippen LogP contribution is 2.40. The molecule has 0 radical (unpaired) electrons. The lowest BCUT2D eigenvalue weighted by Crippen LogP contribution is -2.29. The lowest BCUT2D eigenvalue weighted by Gasteiger charge is -2.25. The van der Waals surface area contributed by atoms with Gasteiger partial charge in [0.2, 0.25) is 0 Å². The number of oxime groups is 1. The summed E-state index contributed by atoms with van der Waals surface area (Å²) < 4.78 is 5.83. The third-order valence-electron chi connectivity index (χ3n) is 3.69. The molecule has 19 heavy (non-hydrogen) atoms. The van der Waals surface area contributed by atoms with Gasteiger partial charge in [-0.3, -0.25) is 0 Å². The molecule has 0 aliphatic carbocycles. The minimum atomic E-state index is -0.0374. The van der Waals surface area contributed by atoms with Crippen LogP contribution in [-0.4, -0.2) is 12.3 Å². The fourth-order valence-corrected chi connectivity index (χ4v) is 2.73. The quantitative estimate of drug-likeness (QED) is 0.779. The molecule has 4 rings (SSSR count). The predicted octanol–water partition coefficient (Wildman–Crippen LogP) is 3.17. The number of nitrogens with zero attached hydrogens (tertiary/aromatic N) is 1. The van der Waals surface area contributed by atoms with Gasteiger partial charge in [0.15, 0.2) is 6.10 Å². The van der Waals surface area contributed by atoms with E-state index in [1.54, 1.807) is 0 Å². The van der Waals surface area contributed by atoms with Crippen LogP contribution in [-0.2, 0) is 4.84 Å². The molecule has 2 heterocycles. The zero-order valence-electron chi connectivity index (χ0n) is 10.3. The summed E-state index contributed by atoms with van der Waals surface area (Å²) in [5, 5.41) is 4.29. The van der Waals surface area contributed by atoms with Crippen LogP contribution in [0.5, 0.6) is 5.75 Å². The maximum Gasteiger partial charge on any atom is 0.164 e. The van der Waals surface area contributed by atoms with Crippen molar-refractivity contribution in [2.45, 2.75) is 6.10 Å². The SMILES string of the molecule is c1ccc([C@H]2ON=C3c4ccccc4OC[C@@H]32)cc1. The Balaban J connectivity index is 1.72. The van der Waals surface area contributed by atoms with Gasteiger partial charge in [-0.05, 0) is 17.7 Å². The standard InChI is InChI=1S/C16H13NO2/c1-2-6-11(7-3-1)16-13-10-18-14-9-5-4-8-12(14)15(13)17-19-16/h1-9,13,16H,10H2/t13-,16+/m0/s1. The highest BCUT2D eigenvalue weighted by atomic mass is 16.6. The molecule has 2 atom stereocenters. The molecular formula is C16H13NO2. The molecular weight excluding hydrogens is 238 g/mol. The van der Waals surface area contributed by atoms with Crippen molar-refractivity contribution in [2.24, 2.45) is 11.1 Å². The van der Waals surface area contributed by atoms with Gasteiger partial charge in [-0.1, -0.05) is 47.6 Å². The molecule has 0 fully saturated rings. The van der Waals surface area contributed by atoms with Crippen LogP contribution in [0.4, 0.5) is 0 Å². The van der Waals surface area contributed by atoms with E-state index >= 15 is 0 Å². The van der Waals surface area contributed by atoms with Gasteiger partial charge in [0.25, 0.3) is 0 Å². The number of para-hydroxylation sites is 1. The lowest BCUT2D eigenvalue weighted by atomic mass is 9.87. The molecule has 2 aliphatic heterocycles. The fourth-order valence-electron chi connectivity index (χ4n) is 2.73. The Morgan fingerprint density at radius 1 is 0.947 bits per heavy atom. The molecule has 0 saturated carbocycles. The molecule has 3 heteroatoms.